The van der Waals surface area contributed by atoms with E-state index in [1.165, 1.54) is 5.56 Å². The second-order valence-electron chi connectivity index (χ2n) is 4.04. The predicted octanol–water partition coefficient (Wildman–Crippen LogP) is 2.82. The third-order valence-corrected chi connectivity index (χ3v) is 2.62. The fourth-order valence-electron chi connectivity index (χ4n) is 1.68. The van der Waals surface area contributed by atoms with E-state index in [2.05, 4.69) is 13.8 Å². The molecule has 2 nitrogen and oxygen atoms in total. The molecular formula is C13H20O2. The first kappa shape index (κ1) is 12.1. The number of aliphatic hydroxyl groups is 1. The van der Waals surface area contributed by atoms with Crippen LogP contribution in [0.4, 0.5) is 0 Å². The number of ether oxygens (including phenoxy) is 1. The van der Waals surface area contributed by atoms with E-state index in [1.807, 2.05) is 31.2 Å². The molecule has 0 aromatic heterocycles. The van der Waals surface area contributed by atoms with Crippen molar-refractivity contribution >= 4 is 0 Å². The summed E-state index contributed by atoms with van der Waals surface area (Å²) in [5.74, 6) is 1.57. The first-order valence-corrected chi connectivity index (χ1v) is 5.52. The van der Waals surface area contributed by atoms with Gasteiger partial charge in [0, 0.05) is 5.92 Å². The van der Waals surface area contributed by atoms with E-state index in [9.17, 15) is 5.11 Å². The topological polar surface area (TPSA) is 29.5 Å². The first-order chi connectivity index (χ1) is 7.19. The molecule has 15 heavy (non-hydrogen) atoms. The number of hydrogen-bond acceptors (Lipinski definition) is 2. The van der Waals surface area contributed by atoms with Crippen LogP contribution in [0.1, 0.15) is 32.3 Å². The highest BCUT2D eigenvalue weighted by Crippen LogP contribution is 2.25. The average Bonchev–Trinajstić information content (AvgIpc) is 2.21. The van der Waals surface area contributed by atoms with Crippen molar-refractivity contribution in [3.05, 3.63) is 29.8 Å². The predicted molar refractivity (Wildman–Crippen MR) is 62.3 cm³/mol. The molecule has 0 radical (unpaired) electrons. The van der Waals surface area contributed by atoms with Crippen LogP contribution >= 0.6 is 0 Å². The molecule has 1 atom stereocenters. The van der Waals surface area contributed by atoms with Gasteiger partial charge >= 0.3 is 0 Å². The standard InChI is InChI=1S/C13H20O2/c1-4-15-12-7-5-11(6-8-12)13(9-14)10(2)3/h5-8,10,13-14H,4,9H2,1-3H3. The molecule has 2 heteroatoms. The summed E-state index contributed by atoms with van der Waals surface area (Å²) in [6.07, 6.45) is 0. The number of rotatable bonds is 5. The molecular weight excluding hydrogens is 188 g/mol. The Morgan fingerprint density at radius 3 is 2.20 bits per heavy atom. The minimum absolute atomic E-state index is 0.200. The maximum absolute atomic E-state index is 9.29. The summed E-state index contributed by atoms with van der Waals surface area (Å²) in [7, 11) is 0. The van der Waals surface area contributed by atoms with E-state index >= 15 is 0 Å². The van der Waals surface area contributed by atoms with Crippen molar-refractivity contribution in [1.82, 2.24) is 0 Å². The van der Waals surface area contributed by atoms with Crippen molar-refractivity contribution in [1.29, 1.82) is 0 Å². The fourth-order valence-corrected chi connectivity index (χ4v) is 1.68. The van der Waals surface area contributed by atoms with Crippen LogP contribution in [0.3, 0.4) is 0 Å². The van der Waals surface area contributed by atoms with E-state index in [4.69, 9.17) is 4.74 Å². The Balaban J connectivity index is 2.77. The van der Waals surface area contributed by atoms with Crippen molar-refractivity contribution in [2.45, 2.75) is 26.7 Å². The number of benzene rings is 1. The molecule has 0 amide bonds. The summed E-state index contributed by atoms with van der Waals surface area (Å²) in [6.45, 7) is 7.10. The molecule has 0 bridgehead atoms. The molecule has 0 spiro atoms. The Kier molecular flexibility index (Phi) is 4.63. The van der Waals surface area contributed by atoms with Gasteiger partial charge in [-0.1, -0.05) is 26.0 Å². The molecule has 0 heterocycles. The minimum atomic E-state index is 0.200. The van der Waals surface area contributed by atoms with Gasteiger partial charge in [0.25, 0.3) is 0 Å². The first-order valence-electron chi connectivity index (χ1n) is 5.52. The van der Waals surface area contributed by atoms with Crippen LogP contribution in [0.25, 0.3) is 0 Å². The molecule has 0 saturated heterocycles. The fraction of sp³-hybridized carbons (Fsp3) is 0.538. The third kappa shape index (κ3) is 3.24. The Morgan fingerprint density at radius 2 is 1.80 bits per heavy atom. The molecule has 0 aliphatic carbocycles. The van der Waals surface area contributed by atoms with Crippen LogP contribution in [-0.4, -0.2) is 18.3 Å². The van der Waals surface area contributed by atoms with E-state index < -0.39 is 0 Å². The van der Waals surface area contributed by atoms with E-state index in [0.29, 0.717) is 12.5 Å². The van der Waals surface area contributed by atoms with E-state index in [-0.39, 0.29) is 12.5 Å². The zero-order valence-corrected chi connectivity index (χ0v) is 9.73. The van der Waals surface area contributed by atoms with E-state index in [0.717, 1.165) is 5.75 Å². The maximum Gasteiger partial charge on any atom is 0.119 e. The number of hydrogen-bond donors (Lipinski definition) is 1. The lowest BCUT2D eigenvalue weighted by molar-refractivity contribution is 0.237. The molecule has 1 aromatic carbocycles. The maximum atomic E-state index is 9.29. The van der Waals surface area contributed by atoms with Crippen LogP contribution < -0.4 is 4.74 Å². The molecule has 1 rings (SSSR count). The molecule has 0 fully saturated rings. The van der Waals surface area contributed by atoms with Crippen LogP contribution in [0.5, 0.6) is 5.75 Å². The Labute approximate surface area is 91.9 Å². The van der Waals surface area contributed by atoms with Crippen molar-refractivity contribution in [3.8, 4) is 5.75 Å². The molecule has 0 saturated carbocycles. The van der Waals surface area contributed by atoms with E-state index in [1.54, 1.807) is 0 Å². The zero-order valence-electron chi connectivity index (χ0n) is 9.73. The second kappa shape index (κ2) is 5.76. The van der Waals surface area contributed by atoms with Gasteiger partial charge in [-0.2, -0.15) is 0 Å². The van der Waals surface area contributed by atoms with Crippen molar-refractivity contribution < 1.29 is 9.84 Å². The molecule has 1 N–H and O–H groups in total. The second-order valence-corrected chi connectivity index (χ2v) is 4.04. The Morgan fingerprint density at radius 1 is 1.20 bits per heavy atom. The quantitative estimate of drug-likeness (QED) is 0.806. The number of aliphatic hydroxyl groups excluding tert-OH is 1. The van der Waals surface area contributed by atoms with Crippen LogP contribution in [0.15, 0.2) is 24.3 Å². The SMILES string of the molecule is CCOc1ccc(C(CO)C(C)C)cc1. The van der Waals surface area contributed by atoms with Gasteiger partial charge in [-0.15, -0.1) is 0 Å². The minimum Gasteiger partial charge on any atom is -0.494 e. The van der Waals surface area contributed by atoms with Crippen LogP contribution in [0.2, 0.25) is 0 Å². The molecule has 84 valence electrons. The largest absolute Gasteiger partial charge is 0.494 e. The normalized spacial score (nSPS) is 12.9. The van der Waals surface area contributed by atoms with Gasteiger partial charge in [-0.05, 0) is 30.5 Å². The monoisotopic (exact) mass is 208 g/mol. The Hall–Kier alpha value is -1.02. The van der Waals surface area contributed by atoms with Gasteiger partial charge in [0.15, 0.2) is 0 Å². The third-order valence-electron chi connectivity index (χ3n) is 2.62. The molecule has 1 unspecified atom stereocenters. The highest BCUT2D eigenvalue weighted by atomic mass is 16.5. The lowest BCUT2D eigenvalue weighted by atomic mass is 9.89. The van der Waals surface area contributed by atoms with Gasteiger partial charge in [-0.25, -0.2) is 0 Å². The van der Waals surface area contributed by atoms with Crippen molar-refractivity contribution in [2.24, 2.45) is 5.92 Å². The smallest absolute Gasteiger partial charge is 0.119 e. The highest BCUT2D eigenvalue weighted by Gasteiger charge is 2.14. The summed E-state index contributed by atoms with van der Waals surface area (Å²) < 4.78 is 5.37. The lowest BCUT2D eigenvalue weighted by Gasteiger charge is -2.18. The Bertz CT molecular complexity index is 277. The zero-order chi connectivity index (χ0) is 11.3. The van der Waals surface area contributed by atoms with Crippen LogP contribution in [0, 0.1) is 5.92 Å². The van der Waals surface area contributed by atoms with Crippen molar-refractivity contribution in [3.63, 3.8) is 0 Å². The van der Waals surface area contributed by atoms with Gasteiger partial charge in [0.1, 0.15) is 5.75 Å². The summed E-state index contributed by atoms with van der Waals surface area (Å²) in [4.78, 5) is 0. The lowest BCUT2D eigenvalue weighted by Crippen LogP contribution is -2.11. The van der Waals surface area contributed by atoms with Crippen molar-refractivity contribution in [2.75, 3.05) is 13.2 Å². The highest BCUT2D eigenvalue weighted by molar-refractivity contribution is 5.29. The molecule has 0 aliphatic heterocycles. The van der Waals surface area contributed by atoms with Crippen LogP contribution in [-0.2, 0) is 0 Å². The summed E-state index contributed by atoms with van der Waals surface area (Å²) in [6, 6.07) is 7.99. The summed E-state index contributed by atoms with van der Waals surface area (Å²) in [5, 5.41) is 9.29. The molecule has 1 aromatic rings. The van der Waals surface area contributed by atoms with Gasteiger partial charge < -0.3 is 9.84 Å². The molecule has 0 aliphatic rings. The van der Waals surface area contributed by atoms with Gasteiger partial charge in [-0.3, -0.25) is 0 Å². The summed E-state index contributed by atoms with van der Waals surface area (Å²) in [5.41, 5.74) is 1.18. The van der Waals surface area contributed by atoms with Gasteiger partial charge in [0.05, 0.1) is 13.2 Å². The summed E-state index contributed by atoms with van der Waals surface area (Å²) >= 11 is 0. The average molecular weight is 208 g/mol. The van der Waals surface area contributed by atoms with Gasteiger partial charge in [0.2, 0.25) is 0 Å².